The van der Waals surface area contributed by atoms with Crippen molar-refractivity contribution in [3.63, 3.8) is 0 Å². The average molecular weight is 451 g/mol. The van der Waals surface area contributed by atoms with E-state index in [-0.39, 0.29) is 18.3 Å². The summed E-state index contributed by atoms with van der Waals surface area (Å²) in [5, 5.41) is 2.84. The Morgan fingerprint density at radius 1 is 1.28 bits per heavy atom. The highest BCUT2D eigenvalue weighted by molar-refractivity contribution is 5.83. The Hall–Kier alpha value is -2.97. The van der Waals surface area contributed by atoms with E-state index in [1.54, 1.807) is 25.1 Å². The first-order valence-corrected chi connectivity index (χ1v) is 10.6. The Morgan fingerprint density at radius 2 is 1.97 bits per heavy atom. The van der Waals surface area contributed by atoms with E-state index in [9.17, 15) is 18.0 Å². The van der Waals surface area contributed by atoms with Gasteiger partial charge in [-0.3, -0.25) is 4.79 Å². The van der Waals surface area contributed by atoms with Crippen molar-refractivity contribution < 1.29 is 22.7 Å². The summed E-state index contributed by atoms with van der Waals surface area (Å²) >= 11 is 0. The van der Waals surface area contributed by atoms with E-state index >= 15 is 0 Å². The molecule has 1 atom stereocenters. The van der Waals surface area contributed by atoms with Crippen molar-refractivity contribution in [2.45, 2.75) is 45.3 Å². The number of piperidine rings is 1. The normalized spacial score (nSPS) is 16.0. The highest BCUT2D eigenvalue weighted by atomic mass is 19.4. The Balaban J connectivity index is 1.78. The second kappa shape index (κ2) is 9.67. The van der Waals surface area contributed by atoms with Crippen molar-refractivity contribution in [3.05, 3.63) is 47.2 Å². The fourth-order valence-electron chi connectivity index (χ4n) is 3.75. The SMILES string of the molecule is COc1cc(C(C)C(=O)NCc2ccc(C(F)(F)F)nc2N2CCC(C)CC2)ccc1N. The molecule has 0 saturated carbocycles. The molecule has 1 aliphatic rings. The van der Waals surface area contributed by atoms with Crippen LogP contribution in [0.1, 0.15) is 49.4 Å². The number of benzene rings is 1. The first-order valence-electron chi connectivity index (χ1n) is 10.6. The number of ether oxygens (including phenoxy) is 1. The molecule has 2 aromatic rings. The van der Waals surface area contributed by atoms with Gasteiger partial charge in [-0.25, -0.2) is 4.98 Å². The number of hydrogen-bond acceptors (Lipinski definition) is 5. The van der Waals surface area contributed by atoms with Gasteiger partial charge in [0.15, 0.2) is 0 Å². The lowest BCUT2D eigenvalue weighted by Gasteiger charge is -2.33. The van der Waals surface area contributed by atoms with Gasteiger partial charge >= 0.3 is 6.18 Å². The molecule has 32 heavy (non-hydrogen) atoms. The zero-order chi connectivity index (χ0) is 23.5. The predicted octanol–water partition coefficient (Wildman–Crippen LogP) is 4.35. The number of aromatic nitrogens is 1. The number of amides is 1. The van der Waals surface area contributed by atoms with Gasteiger partial charge < -0.3 is 20.7 Å². The molecule has 1 aromatic heterocycles. The molecule has 3 rings (SSSR count). The van der Waals surface area contributed by atoms with Crippen molar-refractivity contribution in [3.8, 4) is 5.75 Å². The van der Waals surface area contributed by atoms with Crippen molar-refractivity contribution in [2.24, 2.45) is 5.92 Å². The lowest BCUT2D eigenvalue weighted by atomic mass is 9.98. The average Bonchev–Trinajstić information content (AvgIpc) is 2.77. The zero-order valence-corrected chi connectivity index (χ0v) is 18.5. The molecule has 2 heterocycles. The number of alkyl halides is 3. The van der Waals surface area contributed by atoms with Gasteiger partial charge in [-0.15, -0.1) is 0 Å². The van der Waals surface area contributed by atoms with Crippen LogP contribution in [0.3, 0.4) is 0 Å². The molecule has 1 fully saturated rings. The number of anilines is 2. The van der Waals surface area contributed by atoms with Crippen molar-refractivity contribution in [1.82, 2.24) is 10.3 Å². The number of carbonyl (C=O) groups is 1. The zero-order valence-electron chi connectivity index (χ0n) is 18.5. The van der Waals surface area contributed by atoms with Gasteiger partial charge in [0, 0.05) is 25.2 Å². The number of nitrogens with zero attached hydrogens (tertiary/aromatic N) is 2. The molecule has 1 saturated heterocycles. The van der Waals surface area contributed by atoms with E-state index in [4.69, 9.17) is 10.5 Å². The smallest absolute Gasteiger partial charge is 0.433 e. The standard InChI is InChI=1S/C23H29F3N4O2/c1-14-8-10-30(11-9-14)21-17(5-7-20(29-21)23(24,25)26)13-28-22(31)15(2)16-4-6-18(27)19(12-16)32-3/h4-7,12,14-15H,8-11,13,27H2,1-3H3,(H,28,31). The molecule has 1 aromatic carbocycles. The third-order valence-electron chi connectivity index (χ3n) is 5.93. The van der Waals surface area contributed by atoms with E-state index < -0.39 is 17.8 Å². The molecule has 174 valence electrons. The number of nitrogens with one attached hydrogen (secondary N) is 1. The lowest BCUT2D eigenvalue weighted by Crippen LogP contribution is -2.35. The first-order chi connectivity index (χ1) is 15.1. The van der Waals surface area contributed by atoms with Crippen LogP contribution in [-0.2, 0) is 17.5 Å². The lowest BCUT2D eigenvalue weighted by molar-refractivity contribution is -0.141. The third-order valence-corrected chi connectivity index (χ3v) is 5.93. The van der Waals surface area contributed by atoms with Crippen LogP contribution in [0.4, 0.5) is 24.7 Å². The van der Waals surface area contributed by atoms with Crippen LogP contribution in [0.25, 0.3) is 0 Å². The van der Waals surface area contributed by atoms with E-state index in [0.717, 1.165) is 24.5 Å². The number of hydrogen-bond donors (Lipinski definition) is 2. The largest absolute Gasteiger partial charge is 0.495 e. The number of nitrogens with two attached hydrogens (primary N) is 1. The van der Waals surface area contributed by atoms with E-state index in [0.29, 0.717) is 36.0 Å². The van der Waals surface area contributed by atoms with Crippen molar-refractivity contribution in [1.29, 1.82) is 0 Å². The fourth-order valence-corrected chi connectivity index (χ4v) is 3.75. The summed E-state index contributed by atoms with van der Waals surface area (Å²) in [5.74, 6) is 0.545. The van der Waals surface area contributed by atoms with Gasteiger partial charge in [-0.05, 0) is 49.4 Å². The summed E-state index contributed by atoms with van der Waals surface area (Å²) in [7, 11) is 1.50. The van der Waals surface area contributed by atoms with Gasteiger partial charge in [0.05, 0.1) is 18.7 Å². The van der Waals surface area contributed by atoms with Crippen LogP contribution in [-0.4, -0.2) is 31.1 Å². The summed E-state index contributed by atoms with van der Waals surface area (Å²) in [4.78, 5) is 18.6. The van der Waals surface area contributed by atoms with Gasteiger partial charge in [0.1, 0.15) is 17.3 Å². The number of methoxy groups -OCH3 is 1. The van der Waals surface area contributed by atoms with E-state index in [1.165, 1.54) is 13.2 Å². The molecule has 3 N–H and O–H groups in total. The maximum absolute atomic E-state index is 13.3. The van der Waals surface area contributed by atoms with Crippen LogP contribution in [0.2, 0.25) is 0 Å². The molecule has 0 radical (unpaired) electrons. The summed E-state index contributed by atoms with van der Waals surface area (Å²) in [5.41, 5.74) is 6.66. The number of halogens is 3. The molecule has 6 nitrogen and oxygen atoms in total. The fraction of sp³-hybridized carbons (Fsp3) is 0.478. The van der Waals surface area contributed by atoms with Gasteiger partial charge in [-0.2, -0.15) is 13.2 Å². The quantitative estimate of drug-likeness (QED) is 0.640. The van der Waals surface area contributed by atoms with Crippen molar-refractivity contribution in [2.75, 3.05) is 30.8 Å². The Morgan fingerprint density at radius 3 is 2.59 bits per heavy atom. The minimum atomic E-state index is -4.53. The van der Waals surface area contributed by atoms with Crippen molar-refractivity contribution >= 4 is 17.4 Å². The summed E-state index contributed by atoms with van der Waals surface area (Å²) in [6.45, 7) is 5.24. The van der Waals surface area contributed by atoms with Crippen LogP contribution in [0, 0.1) is 5.92 Å². The number of nitrogen functional groups attached to an aromatic ring is 1. The highest BCUT2D eigenvalue weighted by Crippen LogP contribution is 2.32. The second-order valence-corrected chi connectivity index (χ2v) is 8.29. The molecule has 9 heteroatoms. The van der Waals surface area contributed by atoms with Gasteiger partial charge in [0.25, 0.3) is 0 Å². The van der Waals surface area contributed by atoms with Gasteiger partial charge in [0.2, 0.25) is 5.91 Å². The summed E-state index contributed by atoms with van der Waals surface area (Å²) in [6.07, 6.45) is -2.75. The maximum Gasteiger partial charge on any atom is 0.433 e. The van der Waals surface area contributed by atoms with Crippen LogP contribution in [0.15, 0.2) is 30.3 Å². The summed E-state index contributed by atoms with van der Waals surface area (Å²) in [6, 6.07) is 7.50. The molecule has 1 unspecified atom stereocenters. The molecule has 0 aliphatic carbocycles. The Kier molecular flexibility index (Phi) is 7.16. The Labute approximate surface area is 186 Å². The van der Waals surface area contributed by atoms with Gasteiger partial charge in [-0.1, -0.05) is 19.1 Å². The minimum Gasteiger partial charge on any atom is -0.495 e. The van der Waals surface area contributed by atoms with Crippen LogP contribution >= 0.6 is 0 Å². The number of rotatable bonds is 6. The maximum atomic E-state index is 13.3. The molecule has 0 bridgehead atoms. The molecule has 1 aliphatic heterocycles. The summed E-state index contributed by atoms with van der Waals surface area (Å²) < 4.78 is 45.0. The van der Waals surface area contributed by atoms with Crippen LogP contribution in [0.5, 0.6) is 5.75 Å². The topological polar surface area (TPSA) is 80.5 Å². The predicted molar refractivity (Wildman–Crippen MR) is 118 cm³/mol. The molecule has 1 amide bonds. The number of carbonyl (C=O) groups excluding carboxylic acids is 1. The molecule has 0 spiro atoms. The molecular weight excluding hydrogens is 421 g/mol. The molecular formula is C23H29F3N4O2. The highest BCUT2D eigenvalue weighted by Gasteiger charge is 2.34. The second-order valence-electron chi connectivity index (χ2n) is 8.29. The minimum absolute atomic E-state index is 0.0851. The van der Waals surface area contributed by atoms with E-state index in [2.05, 4.69) is 17.2 Å². The third kappa shape index (κ3) is 5.44. The monoisotopic (exact) mass is 450 g/mol. The van der Waals surface area contributed by atoms with Crippen LogP contribution < -0.4 is 20.7 Å². The van der Waals surface area contributed by atoms with E-state index in [1.807, 2.05) is 4.90 Å². The first kappa shape index (κ1) is 23.7. The Bertz CT molecular complexity index is 957. The number of pyridine rings is 1.